The van der Waals surface area contributed by atoms with Crippen molar-refractivity contribution in [1.29, 1.82) is 0 Å². The molecule has 2 aliphatic carbocycles. The predicted molar refractivity (Wildman–Crippen MR) is 53.2 cm³/mol. The van der Waals surface area contributed by atoms with Gasteiger partial charge in [-0.1, -0.05) is 64.2 Å². The van der Waals surface area contributed by atoms with Crippen molar-refractivity contribution in [2.75, 3.05) is 0 Å². The molecule has 0 N–H and O–H groups in total. The van der Waals surface area contributed by atoms with Gasteiger partial charge in [0.25, 0.3) is 0 Å². The van der Waals surface area contributed by atoms with Crippen LogP contribution in [0.1, 0.15) is 64.2 Å². The molecule has 0 aromatic heterocycles. The van der Waals surface area contributed by atoms with E-state index in [1.54, 1.807) is 25.7 Å². The second kappa shape index (κ2) is 6.41. The monoisotopic (exact) mass is 280 g/mol. The quantitative estimate of drug-likeness (QED) is 0.632. The molecule has 0 aromatic carbocycles. The van der Waals surface area contributed by atoms with Crippen molar-refractivity contribution >= 4 is 0 Å². The van der Waals surface area contributed by atoms with Gasteiger partial charge >= 0.3 is 0 Å². The second-order valence-corrected chi connectivity index (χ2v) is 4.80. The summed E-state index contributed by atoms with van der Waals surface area (Å²) in [6.07, 6.45) is 15.4. The van der Waals surface area contributed by atoms with E-state index >= 15 is 0 Å². The van der Waals surface area contributed by atoms with Crippen LogP contribution in [-0.2, 0) is 27.3 Å². The van der Waals surface area contributed by atoms with Crippen LogP contribution in [0.5, 0.6) is 0 Å². The van der Waals surface area contributed by atoms with Gasteiger partial charge in [0.15, 0.2) is 0 Å². The molecule has 0 aromatic rings. The minimum absolute atomic E-state index is 0. The molecule has 0 atom stereocenters. The fraction of sp³-hybridized carbons (Fsp3) is 1.00. The summed E-state index contributed by atoms with van der Waals surface area (Å²) in [6.45, 7) is 0. The van der Waals surface area contributed by atoms with Crippen molar-refractivity contribution in [1.82, 2.24) is 0 Å². The fourth-order valence-corrected chi connectivity index (χ4v) is 3.21. The third kappa shape index (κ3) is 3.52. The Morgan fingerprint density at radius 2 is 0.769 bits per heavy atom. The molecule has 0 heterocycles. The average Bonchev–Trinajstić information content (AvgIpc) is 2.21. The number of rotatable bonds is 1. The first kappa shape index (κ1) is 12.0. The Balaban J connectivity index is 0.000000845. The van der Waals surface area contributed by atoms with Crippen LogP contribution in [0.3, 0.4) is 0 Å². The van der Waals surface area contributed by atoms with E-state index in [1.807, 2.05) is 0 Å². The Morgan fingerprint density at radius 3 is 1.08 bits per heavy atom. The largest absolute Gasteiger partial charge is 0.0533 e. The maximum absolute atomic E-state index is 1.56. The second-order valence-electron chi connectivity index (χ2n) is 4.80. The van der Waals surface area contributed by atoms with Crippen molar-refractivity contribution in [2.45, 2.75) is 64.2 Å². The molecule has 13 heavy (non-hydrogen) atoms. The van der Waals surface area contributed by atoms with Gasteiger partial charge in [0.1, 0.15) is 0 Å². The Morgan fingerprint density at radius 1 is 0.462 bits per heavy atom. The fourth-order valence-electron chi connectivity index (χ4n) is 3.21. The van der Waals surface area contributed by atoms with E-state index in [1.165, 1.54) is 38.5 Å². The molecule has 0 nitrogen and oxygen atoms in total. The summed E-state index contributed by atoms with van der Waals surface area (Å²) < 4.78 is 0. The zero-order valence-corrected chi connectivity index (χ0v) is 13.0. The Bertz CT molecular complexity index is 105. The Hall–Kier alpha value is 0.922. The molecule has 1 heteroatoms. The minimum Gasteiger partial charge on any atom is -0.0533 e. The smallest absolute Gasteiger partial charge is 0 e. The van der Waals surface area contributed by atoms with E-state index in [0.29, 0.717) is 0 Å². The van der Waals surface area contributed by atoms with Gasteiger partial charge < -0.3 is 0 Å². The number of hydrogen-bond donors (Lipinski definition) is 0. The van der Waals surface area contributed by atoms with Crippen molar-refractivity contribution in [3.05, 3.63) is 0 Å². The Labute approximate surface area is 103 Å². The maximum atomic E-state index is 1.56. The molecule has 0 radical (unpaired) electrons. The summed E-state index contributed by atoms with van der Waals surface area (Å²) in [5.41, 5.74) is 0. The standard InChI is InChI=1S/C12H22.Cd/c1-3-7-11(8-4-1)12-9-5-2-6-10-12;/h11-12H,1-10H2;. The summed E-state index contributed by atoms with van der Waals surface area (Å²) in [6, 6.07) is 0. The van der Waals surface area contributed by atoms with Crippen LogP contribution >= 0.6 is 0 Å². The van der Waals surface area contributed by atoms with Crippen LogP contribution < -0.4 is 0 Å². The van der Waals surface area contributed by atoms with E-state index < -0.39 is 0 Å². The number of hydrogen-bond acceptors (Lipinski definition) is 0. The summed E-state index contributed by atoms with van der Waals surface area (Å²) in [7, 11) is 0. The molecule has 0 saturated heterocycles. The Kier molecular flexibility index (Phi) is 5.92. The van der Waals surface area contributed by atoms with Gasteiger partial charge in [0.2, 0.25) is 0 Å². The van der Waals surface area contributed by atoms with Crippen LogP contribution in [0.2, 0.25) is 0 Å². The molecule has 72 valence electrons. The van der Waals surface area contributed by atoms with Crippen molar-refractivity contribution < 1.29 is 27.3 Å². The molecule has 2 rings (SSSR count). The molecule has 0 unspecified atom stereocenters. The van der Waals surface area contributed by atoms with Crippen LogP contribution in [0, 0.1) is 11.8 Å². The van der Waals surface area contributed by atoms with Crippen molar-refractivity contribution in [2.24, 2.45) is 11.8 Å². The predicted octanol–water partition coefficient (Wildman–Crippen LogP) is 4.14. The van der Waals surface area contributed by atoms with E-state index in [2.05, 4.69) is 0 Å². The zero-order chi connectivity index (χ0) is 8.23. The van der Waals surface area contributed by atoms with Crippen LogP contribution in [-0.4, -0.2) is 0 Å². The van der Waals surface area contributed by atoms with Gasteiger partial charge in [-0.15, -0.1) is 0 Å². The first-order chi connectivity index (χ1) is 5.97. The average molecular weight is 279 g/mol. The molecular weight excluding hydrogens is 257 g/mol. The van der Waals surface area contributed by atoms with E-state index in [0.717, 1.165) is 11.8 Å². The minimum atomic E-state index is 0. The summed E-state index contributed by atoms with van der Waals surface area (Å²) in [4.78, 5) is 0. The summed E-state index contributed by atoms with van der Waals surface area (Å²) in [5.74, 6) is 2.28. The van der Waals surface area contributed by atoms with E-state index in [9.17, 15) is 0 Å². The van der Waals surface area contributed by atoms with Crippen LogP contribution in [0.15, 0.2) is 0 Å². The van der Waals surface area contributed by atoms with Gasteiger partial charge in [0, 0.05) is 27.3 Å². The summed E-state index contributed by atoms with van der Waals surface area (Å²) in [5, 5.41) is 0. The molecular formula is C12H22Cd. The van der Waals surface area contributed by atoms with E-state index in [4.69, 9.17) is 0 Å². The normalized spacial score (nSPS) is 26.8. The molecule has 0 spiro atoms. The van der Waals surface area contributed by atoms with Gasteiger partial charge in [-0.25, -0.2) is 0 Å². The molecule has 0 aliphatic heterocycles. The van der Waals surface area contributed by atoms with Gasteiger partial charge in [0.05, 0.1) is 0 Å². The van der Waals surface area contributed by atoms with Crippen LogP contribution in [0.25, 0.3) is 0 Å². The topological polar surface area (TPSA) is 0 Å². The summed E-state index contributed by atoms with van der Waals surface area (Å²) >= 11 is 0. The third-order valence-corrected chi connectivity index (χ3v) is 3.97. The van der Waals surface area contributed by atoms with Crippen LogP contribution in [0.4, 0.5) is 0 Å². The SMILES string of the molecule is C1CCC(C2CCCCC2)CC1.[Cd]. The zero-order valence-electron chi connectivity index (χ0n) is 8.93. The first-order valence-corrected chi connectivity index (χ1v) is 5.97. The third-order valence-electron chi connectivity index (χ3n) is 3.97. The molecule has 0 bridgehead atoms. The molecule has 2 fully saturated rings. The molecule has 2 saturated carbocycles. The van der Waals surface area contributed by atoms with Crippen molar-refractivity contribution in [3.8, 4) is 0 Å². The molecule has 0 amide bonds. The van der Waals surface area contributed by atoms with Gasteiger partial charge in [-0.3, -0.25) is 0 Å². The first-order valence-electron chi connectivity index (χ1n) is 5.97. The van der Waals surface area contributed by atoms with E-state index in [-0.39, 0.29) is 27.3 Å². The van der Waals surface area contributed by atoms with Gasteiger partial charge in [-0.05, 0) is 11.8 Å². The molecule has 2 aliphatic rings. The maximum Gasteiger partial charge on any atom is 0 e. The van der Waals surface area contributed by atoms with Gasteiger partial charge in [-0.2, -0.15) is 0 Å². The van der Waals surface area contributed by atoms with Crippen molar-refractivity contribution in [3.63, 3.8) is 0 Å².